The average molecular weight is 244 g/mol. The first-order valence-electron chi connectivity index (χ1n) is 6.27. The van der Waals surface area contributed by atoms with Gasteiger partial charge in [-0.3, -0.25) is 0 Å². The molecule has 0 spiro atoms. The molecule has 0 bridgehead atoms. The first kappa shape index (κ1) is 11.3. The number of phenols is 1. The van der Waals surface area contributed by atoms with Crippen LogP contribution in [0, 0.1) is 0 Å². The van der Waals surface area contributed by atoms with E-state index < -0.39 is 0 Å². The molecule has 0 amide bonds. The van der Waals surface area contributed by atoms with Crippen LogP contribution in [0.3, 0.4) is 0 Å². The summed E-state index contributed by atoms with van der Waals surface area (Å²) in [6.07, 6.45) is 4.90. The van der Waals surface area contributed by atoms with Crippen molar-refractivity contribution in [2.75, 3.05) is 0 Å². The second kappa shape index (κ2) is 4.82. The van der Waals surface area contributed by atoms with E-state index in [0.29, 0.717) is 18.3 Å². The van der Waals surface area contributed by atoms with Gasteiger partial charge in [0.2, 0.25) is 0 Å². The highest BCUT2D eigenvalue weighted by molar-refractivity contribution is 5.38. The Hall–Kier alpha value is -1.81. The Bertz CT molecular complexity index is 523. The zero-order valence-corrected chi connectivity index (χ0v) is 10.1. The van der Waals surface area contributed by atoms with Gasteiger partial charge >= 0.3 is 0 Å². The second-order valence-corrected chi connectivity index (χ2v) is 4.70. The molecule has 1 unspecified atom stereocenters. The molecular weight excluding hydrogens is 228 g/mol. The van der Waals surface area contributed by atoms with Gasteiger partial charge in [-0.05, 0) is 42.5 Å². The molecule has 1 aromatic carbocycles. The molecule has 1 heterocycles. The lowest BCUT2D eigenvalue weighted by Gasteiger charge is -2.26. The van der Waals surface area contributed by atoms with E-state index in [4.69, 9.17) is 4.52 Å². The summed E-state index contributed by atoms with van der Waals surface area (Å²) in [6.45, 7) is 0.710. The van der Waals surface area contributed by atoms with Crippen LogP contribution in [0.2, 0.25) is 0 Å². The standard InChI is InChI=1S/C14H16N2O2/c17-12-4-5-13-10(8-12)2-1-3-14(13)15-9-11-6-7-18-16-11/h4-8,14-15,17H,1-3,9H2. The van der Waals surface area contributed by atoms with Crippen LogP contribution in [-0.4, -0.2) is 10.3 Å². The van der Waals surface area contributed by atoms with Gasteiger partial charge in [-0.2, -0.15) is 0 Å². The molecule has 0 saturated carbocycles. The van der Waals surface area contributed by atoms with E-state index in [0.717, 1.165) is 25.0 Å². The van der Waals surface area contributed by atoms with Crippen molar-refractivity contribution in [3.8, 4) is 5.75 Å². The predicted molar refractivity (Wildman–Crippen MR) is 67.1 cm³/mol. The van der Waals surface area contributed by atoms with Gasteiger partial charge in [0, 0.05) is 18.7 Å². The lowest BCUT2D eigenvalue weighted by molar-refractivity contribution is 0.398. The molecular formula is C14H16N2O2. The summed E-state index contributed by atoms with van der Waals surface area (Å²) in [4.78, 5) is 0. The first-order chi connectivity index (χ1) is 8.83. The number of nitrogens with zero attached hydrogens (tertiary/aromatic N) is 1. The van der Waals surface area contributed by atoms with Crippen molar-refractivity contribution in [2.24, 2.45) is 0 Å². The maximum absolute atomic E-state index is 9.51. The SMILES string of the molecule is Oc1ccc2c(c1)CCCC2NCc1ccon1. The molecule has 0 fully saturated rings. The number of rotatable bonds is 3. The quantitative estimate of drug-likeness (QED) is 0.871. The summed E-state index contributed by atoms with van der Waals surface area (Å²) < 4.78 is 4.82. The smallest absolute Gasteiger partial charge is 0.124 e. The molecule has 4 heteroatoms. The Morgan fingerprint density at radius 1 is 1.39 bits per heavy atom. The van der Waals surface area contributed by atoms with Crippen molar-refractivity contribution in [1.29, 1.82) is 0 Å². The highest BCUT2D eigenvalue weighted by Crippen LogP contribution is 2.31. The van der Waals surface area contributed by atoms with Crippen LogP contribution in [0.5, 0.6) is 5.75 Å². The Labute approximate surface area is 106 Å². The Morgan fingerprint density at radius 3 is 3.17 bits per heavy atom. The summed E-state index contributed by atoms with van der Waals surface area (Å²) in [5.41, 5.74) is 3.46. The minimum absolute atomic E-state index is 0.339. The highest BCUT2D eigenvalue weighted by atomic mass is 16.5. The molecule has 1 aliphatic carbocycles. The van der Waals surface area contributed by atoms with Crippen LogP contribution < -0.4 is 5.32 Å². The lowest BCUT2D eigenvalue weighted by atomic mass is 9.87. The molecule has 1 aliphatic rings. The molecule has 1 aromatic heterocycles. The third-order valence-electron chi connectivity index (χ3n) is 3.46. The fraction of sp³-hybridized carbons (Fsp3) is 0.357. The van der Waals surface area contributed by atoms with Gasteiger partial charge in [-0.25, -0.2) is 0 Å². The van der Waals surface area contributed by atoms with Gasteiger partial charge in [-0.15, -0.1) is 0 Å². The Kier molecular flexibility index (Phi) is 3.02. The molecule has 0 aliphatic heterocycles. The van der Waals surface area contributed by atoms with E-state index in [-0.39, 0.29) is 0 Å². The number of fused-ring (bicyclic) bond motifs is 1. The minimum Gasteiger partial charge on any atom is -0.508 e. The number of phenolic OH excluding ortho intramolecular Hbond substituents is 1. The molecule has 0 radical (unpaired) electrons. The van der Waals surface area contributed by atoms with E-state index in [1.807, 2.05) is 18.2 Å². The van der Waals surface area contributed by atoms with Crippen molar-refractivity contribution in [1.82, 2.24) is 10.5 Å². The Balaban J connectivity index is 1.75. The normalized spacial score (nSPS) is 18.6. The third kappa shape index (κ3) is 2.24. The summed E-state index contributed by atoms with van der Waals surface area (Å²) in [5, 5.41) is 16.9. The second-order valence-electron chi connectivity index (χ2n) is 4.70. The van der Waals surface area contributed by atoms with Crippen LogP contribution in [-0.2, 0) is 13.0 Å². The Morgan fingerprint density at radius 2 is 2.33 bits per heavy atom. The number of aromatic hydroxyl groups is 1. The molecule has 2 aromatic rings. The topological polar surface area (TPSA) is 58.3 Å². The molecule has 1 atom stereocenters. The maximum Gasteiger partial charge on any atom is 0.124 e. The summed E-state index contributed by atoms with van der Waals surface area (Å²) in [7, 11) is 0. The van der Waals surface area contributed by atoms with E-state index in [2.05, 4.69) is 10.5 Å². The monoisotopic (exact) mass is 244 g/mol. The predicted octanol–water partition coefficient (Wildman–Crippen LogP) is 2.55. The molecule has 94 valence electrons. The van der Waals surface area contributed by atoms with E-state index in [1.54, 1.807) is 12.3 Å². The van der Waals surface area contributed by atoms with Gasteiger partial charge in [0.1, 0.15) is 12.0 Å². The molecule has 3 rings (SSSR count). The summed E-state index contributed by atoms with van der Waals surface area (Å²) in [6, 6.07) is 7.86. The van der Waals surface area contributed by atoms with Crippen LogP contribution in [0.25, 0.3) is 0 Å². The van der Waals surface area contributed by atoms with E-state index in [9.17, 15) is 5.11 Å². The average Bonchev–Trinajstić information content (AvgIpc) is 2.89. The van der Waals surface area contributed by atoms with Crippen LogP contribution >= 0.6 is 0 Å². The van der Waals surface area contributed by atoms with Crippen LogP contribution in [0.4, 0.5) is 0 Å². The van der Waals surface area contributed by atoms with Gasteiger partial charge in [0.05, 0.1) is 5.69 Å². The number of aromatic nitrogens is 1. The van der Waals surface area contributed by atoms with Crippen molar-refractivity contribution >= 4 is 0 Å². The number of nitrogens with one attached hydrogen (secondary N) is 1. The van der Waals surface area contributed by atoms with Crippen LogP contribution in [0.15, 0.2) is 35.1 Å². The van der Waals surface area contributed by atoms with Crippen LogP contribution in [0.1, 0.15) is 35.7 Å². The molecule has 0 saturated heterocycles. The molecule has 18 heavy (non-hydrogen) atoms. The fourth-order valence-corrected chi connectivity index (χ4v) is 2.57. The van der Waals surface area contributed by atoms with Gasteiger partial charge in [-0.1, -0.05) is 11.2 Å². The first-order valence-corrected chi connectivity index (χ1v) is 6.27. The van der Waals surface area contributed by atoms with Crippen molar-refractivity contribution in [3.05, 3.63) is 47.3 Å². The zero-order valence-electron chi connectivity index (χ0n) is 10.1. The number of hydrogen-bond donors (Lipinski definition) is 2. The summed E-state index contributed by atoms with van der Waals surface area (Å²) in [5.74, 6) is 0.353. The van der Waals surface area contributed by atoms with E-state index in [1.165, 1.54) is 11.1 Å². The van der Waals surface area contributed by atoms with Crippen molar-refractivity contribution in [2.45, 2.75) is 31.8 Å². The number of benzene rings is 1. The van der Waals surface area contributed by atoms with Gasteiger partial charge < -0.3 is 14.9 Å². The molecule has 4 nitrogen and oxygen atoms in total. The highest BCUT2D eigenvalue weighted by Gasteiger charge is 2.20. The zero-order chi connectivity index (χ0) is 12.4. The largest absolute Gasteiger partial charge is 0.508 e. The van der Waals surface area contributed by atoms with Crippen molar-refractivity contribution in [3.63, 3.8) is 0 Å². The van der Waals surface area contributed by atoms with E-state index >= 15 is 0 Å². The lowest BCUT2D eigenvalue weighted by Crippen LogP contribution is -2.24. The molecule has 2 N–H and O–H groups in total. The third-order valence-corrected chi connectivity index (χ3v) is 3.46. The number of aryl methyl sites for hydroxylation is 1. The van der Waals surface area contributed by atoms with Gasteiger partial charge in [0.25, 0.3) is 0 Å². The number of hydrogen-bond acceptors (Lipinski definition) is 4. The van der Waals surface area contributed by atoms with Crippen molar-refractivity contribution < 1.29 is 9.63 Å². The summed E-state index contributed by atoms with van der Waals surface area (Å²) >= 11 is 0. The minimum atomic E-state index is 0.339. The maximum atomic E-state index is 9.51. The fourth-order valence-electron chi connectivity index (χ4n) is 2.57. The van der Waals surface area contributed by atoms with Gasteiger partial charge in [0.15, 0.2) is 0 Å².